The molecule has 6 nitrogen and oxygen atoms in total. The highest BCUT2D eigenvalue weighted by atomic mass is 16.6. The molecular weight excluding hydrogens is 468 g/mol. The number of aliphatic hydroxyl groups excluding tert-OH is 1. The van der Waals surface area contributed by atoms with Gasteiger partial charge in [0.1, 0.15) is 12.2 Å². The minimum atomic E-state index is -0.470. The summed E-state index contributed by atoms with van der Waals surface area (Å²) < 4.78 is 23.0. The minimum Gasteiger partial charge on any atom is -0.456 e. The molecule has 0 aliphatic carbocycles. The third kappa shape index (κ3) is 12.9. The summed E-state index contributed by atoms with van der Waals surface area (Å²) >= 11 is 0. The van der Waals surface area contributed by atoms with E-state index in [0.717, 1.165) is 31.3 Å². The number of esters is 1. The smallest absolute Gasteiger partial charge is 0.330 e. The molecule has 0 aromatic rings. The molecule has 0 spiro atoms. The SMILES string of the molecule is C=C(CC(C)CC1CC=CCO1)CC(O)CCCC(OC(=O)/C=C\C)C(/C=C/C1CC(C)=CCO1)OC. The van der Waals surface area contributed by atoms with Crippen molar-refractivity contribution in [1.82, 2.24) is 0 Å². The van der Waals surface area contributed by atoms with Crippen molar-refractivity contribution in [3.8, 4) is 0 Å². The summed E-state index contributed by atoms with van der Waals surface area (Å²) in [5.41, 5.74) is 2.37. The van der Waals surface area contributed by atoms with Gasteiger partial charge in [-0.3, -0.25) is 0 Å². The van der Waals surface area contributed by atoms with E-state index >= 15 is 0 Å². The first-order valence-corrected chi connectivity index (χ1v) is 13.7. The Balaban J connectivity index is 1.82. The Hall–Kier alpha value is -1.99. The molecule has 0 fully saturated rings. The van der Waals surface area contributed by atoms with Gasteiger partial charge >= 0.3 is 5.97 Å². The third-order valence-electron chi connectivity index (χ3n) is 6.84. The topological polar surface area (TPSA) is 74.2 Å². The van der Waals surface area contributed by atoms with Crippen LogP contribution in [0.15, 0.2) is 60.3 Å². The number of carbonyl (C=O) groups is 1. The molecule has 0 aromatic carbocycles. The van der Waals surface area contributed by atoms with Gasteiger partial charge in [-0.1, -0.05) is 61.1 Å². The van der Waals surface area contributed by atoms with Crippen LogP contribution in [-0.2, 0) is 23.7 Å². The van der Waals surface area contributed by atoms with Crippen LogP contribution in [-0.4, -0.2) is 61.9 Å². The highest BCUT2D eigenvalue weighted by Gasteiger charge is 2.24. The molecule has 6 unspecified atom stereocenters. The van der Waals surface area contributed by atoms with Crippen LogP contribution in [0.4, 0.5) is 0 Å². The van der Waals surface area contributed by atoms with E-state index in [9.17, 15) is 9.90 Å². The minimum absolute atomic E-state index is 0.00842. The quantitative estimate of drug-likeness (QED) is 0.154. The second-order valence-corrected chi connectivity index (χ2v) is 10.4. The van der Waals surface area contributed by atoms with Crippen molar-refractivity contribution < 1.29 is 28.8 Å². The van der Waals surface area contributed by atoms with Crippen LogP contribution in [0.5, 0.6) is 0 Å². The Labute approximate surface area is 224 Å². The molecule has 6 atom stereocenters. The Morgan fingerprint density at radius 1 is 1.24 bits per heavy atom. The highest BCUT2D eigenvalue weighted by molar-refractivity contribution is 5.82. The van der Waals surface area contributed by atoms with E-state index in [0.29, 0.717) is 44.8 Å². The lowest BCUT2D eigenvalue weighted by molar-refractivity contribution is -0.148. The lowest BCUT2D eigenvalue weighted by atomic mass is 9.91. The maximum atomic E-state index is 12.2. The molecule has 0 saturated carbocycles. The normalized spacial score (nSPS) is 23.5. The van der Waals surface area contributed by atoms with E-state index < -0.39 is 24.3 Å². The van der Waals surface area contributed by atoms with E-state index in [4.69, 9.17) is 18.9 Å². The van der Waals surface area contributed by atoms with E-state index in [1.165, 1.54) is 11.6 Å². The molecule has 37 heavy (non-hydrogen) atoms. The maximum Gasteiger partial charge on any atom is 0.330 e. The van der Waals surface area contributed by atoms with E-state index in [2.05, 4.69) is 38.7 Å². The number of allylic oxidation sites excluding steroid dienone is 1. The van der Waals surface area contributed by atoms with Crippen molar-refractivity contribution >= 4 is 5.97 Å². The first-order valence-electron chi connectivity index (χ1n) is 13.7. The number of hydrogen-bond donors (Lipinski definition) is 1. The van der Waals surface area contributed by atoms with E-state index in [1.54, 1.807) is 20.1 Å². The van der Waals surface area contributed by atoms with Crippen LogP contribution in [0, 0.1) is 5.92 Å². The number of ether oxygens (including phenoxy) is 4. The van der Waals surface area contributed by atoms with Crippen LogP contribution in [0.3, 0.4) is 0 Å². The van der Waals surface area contributed by atoms with Crippen molar-refractivity contribution in [3.05, 3.63) is 60.3 Å². The molecule has 208 valence electrons. The van der Waals surface area contributed by atoms with Gasteiger partial charge in [-0.05, 0) is 71.1 Å². The number of methoxy groups -OCH3 is 1. The van der Waals surface area contributed by atoms with Gasteiger partial charge < -0.3 is 24.1 Å². The zero-order valence-electron chi connectivity index (χ0n) is 23.3. The summed E-state index contributed by atoms with van der Waals surface area (Å²) in [6, 6.07) is 0. The molecule has 2 rings (SSSR count). The van der Waals surface area contributed by atoms with Crippen molar-refractivity contribution in [3.63, 3.8) is 0 Å². The van der Waals surface area contributed by atoms with Crippen LogP contribution in [0.1, 0.15) is 72.1 Å². The maximum absolute atomic E-state index is 12.2. The average molecular weight is 517 g/mol. The second kappa shape index (κ2) is 17.5. The summed E-state index contributed by atoms with van der Waals surface area (Å²) in [5, 5.41) is 10.6. The molecule has 0 saturated heterocycles. The van der Waals surface area contributed by atoms with Gasteiger partial charge in [-0.15, -0.1) is 0 Å². The van der Waals surface area contributed by atoms with Gasteiger partial charge in [0, 0.05) is 13.2 Å². The molecule has 0 amide bonds. The van der Waals surface area contributed by atoms with Gasteiger partial charge in [0.2, 0.25) is 0 Å². The van der Waals surface area contributed by atoms with Gasteiger partial charge in [0.05, 0.1) is 31.5 Å². The van der Waals surface area contributed by atoms with Crippen molar-refractivity contribution in [2.24, 2.45) is 5.92 Å². The molecule has 0 aromatic heterocycles. The third-order valence-corrected chi connectivity index (χ3v) is 6.84. The largest absolute Gasteiger partial charge is 0.456 e. The number of carbonyl (C=O) groups excluding carboxylic acids is 1. The van der Waals surface area contributed by atoms with Crippen LogP contribution >= 0.6 is 0 Å². The summed E-state index contributed by atoms with van der Waals surface area (Å²) in [5.74, 6) is 0.0734. The Kier molecular flexibility index (Phi) is 14.8. The van der Waals surface area contributed by atoms with Crippen LogP contribution < -0.4 is 0 Å². The fourth-order valence-electron chi connectivity index (χ4n) is 4.94. The van der Waals surface area contributed by atoms with Gasteiger partial charge in [-0.2, -0.15) is 0 Å². The van der Waals surface area contributed by atoms with Crippen molar-refractivity contribution in [2.45, 2.75) is 103 Å². The number of hydrogen-bond acceptors (Lipinski definition) is 6. The first-order chi connectivity index (χ1) is 17.8. The number of aliphatic hydroxyl groups is 1. The summed E-state index contributed by atoms with van der Waals surface area (Å²) in [4.78, 5) is 12.2. The Morgan fingerprint density at radius 3 is 2.73 bits per heavy atom. The predicted octanol–water partition coefficient (Wildman–Crippen LogP) is 6.02. The van der Waals surface area contributed by atoms with Gasteiger partial charge in [0.25, 0.3) is 0 Å². The average Bonchev–Trinajstić information content (AvgIpc) is 2.84. The predicted molar refractivity (Wildman–Crippen MR) is 148 cm³/mol. The standard InChI is InChI=1S/C31H48O6/c1-6-10-31(33)37-30(29(34-5)15-14-28-21-23(2)16-18-36-28)13-9-11-26(32)20-24(3)19-25(4)22-27-12-7-8-17-35-27/h6-8,10,14-16,25-30,32H,3,9,11-13,17-22H2,1-2,4-5H3/b10-6-,15-14+. The zero-order chi connectivity index (χ0) is 27.0. The molecule has 0 radical (unpaired) electrons. The van der Waals surface area contributed by atoms with Gasteiger partial charge in [0.15, 0.2) is 0 Å². The van der Waals surface area contributed by atoms with Crippen LogP contribution in [0.25, 0.3) is 0 Å². The van der Waals surface area contributed by atoms with E-state index in [1.807, 2.05) is 12.2 Å². The number of rotatable bonds is 16. The lowest BCUT2D eigenvalue weighted by Gasteiger charge is -2.25. The summed E-state index contributed by atoms with van der Waals surface area (Å²) in [6.07, 6.45) is 18.5. The second-order valence-electron chi connectivity index (χ2n) is 10.4. The summed E-state index contributed by atoms with van der Waals surface area (Å²) in [6.45, 7) is 11.6. The zero-order valence-corrected chi connectivity index (χ0v) is 23.3. The fourth-order valence-corrected chi connectivity index (χ4v) is 4.94. The molecule has 6 heteroatoms. The summed E-state index contributed by atoms with van der Waals surface area (Å²) in [7, 11) is 1.62. The Bertz CT molecular complexity index is 811. The van der Waals surface area contributed by atoms with E-state index in [-0.39, 0.29) is 12.2 Å². The molecule has 2 aliphatic rings. The monoisotopic (exact) mass is 516 g/mol. The highest BCUT2D eigenvalue weighted by Crippen LogP contribution is 2.24. The molecule has 1 N–H and O–H groups in total. The fraction of sp³-hybridized carbons (Fsp3) is 0.645. The Morgan fingerprint density at radius 2 is 2.05 bits per heavy atom. The molecule has 0 bridgehead atoms. The molecular formula is C31H48O6. The lowest BCUT2D eigenvalue weighted by Crippen LogP contribution is -2.32. The van der Waals surface area contributed by atoms with Gasteiger partial charge in [-0.25, -0.2) is 4.79 Å². The van der Waals surface area contributed by atoms with Crippen LogP contribution in [0.2, 0.25) is 0 Å². The van der Waals surface area contributed by atoms with Crippen molar-refractivity contribution in [2.75, 3.05) is 20.3 Å². The first kappa shape index (κ1) is 31.2. The van der Waals surface area contributed by atoms with Crippen molar-refractivity contribution in [1.29, 1.82) is 0 Å². The molecule has 2 aliphatic heterocycles. The molecule has 2 heterocycles.